The molecule has 4 aromatic carbocycles. The van der Waals surface area contributed by atoms with Gasteiger partial charge in [0.05, 0.1) is 12.0 Å². The van der Waals surface area contributed by atoms with E-state index in [1.54, 1.807) is 0 Å². The normalized spacial score (nSPS) is 12.5. The summed E-state index contributed by atoms with van der Waals surface area (Å²) in [6.07, 6.45) is 1.84. The Morgan fingerprint density at radius 2 is 1.52 bits per heavy atom. The summed E-state index contributed by atoms with van der Waals surface area (Å²) >= 11 is 0. The molecule has 0 fully saturated rings. The van der Waals surface area contributed by atoms with E-state index in [4.69, 9.17) is 8.83 Å². The molecule has 0 saturated carbocycles. The van der Waals surface area contributed by atoms with E-state index >= 15 is 0 Å². The van der Waals surface area contributed by atoms with Crippen LogP contribution in [0.4, 0.5) is 5.69 Å². The number of fused-ring (bicyclic) bond motifs is 4. The van der Waals surface area contributed by atoms with Crippen LogP contribution in [0.3, 0.4) is 0 Å². The van der Waals surface area contributed by atoms with Gasteiger partial charge in [0.25, 0.3) is 0 Å². The summed E-state index contributed by atoms with van der Waals surface area (Å²) in [7, 11) is 0. The molecular formula is C28H21NO2. The lowest BCUT2D eigenvalue weighted by molar-refractivity contribution is 0.617. The summed E-state index contributed by atoms with van der Waals surface area (Å²) in [4.78, 5) is 0. The fraction of sp³-hybridized carbons (Fsp3) is 0.0714. The fourth-order valence-corrected chi connectivity index (χ4v) is 4.34. The fourth-order valence-electron chi connectivity index (χ4n) is 4.34. The van der Waals surface area contributed by atoms with Gasteiger partial charge in [-0.3, -0.25) is 0 Å². The molecular weight excluding hydrogens is 382 g/mol. The van der Waals surface area contributed by atoms with Gasteiger partial charge >= 0.3 is 0 Å². The highest BCUT2D eigenvalue weighted by atomic mass is 16.3. The lowest BCUT2D eigenvalue weighted by Gasteiger charge is -2.15. The molecule has 150 valence electrons. The molecule has 0 bridgehead atoms. The first-order valence-electron chi connectivity index (χ1n) is 10.5. The van der Waals surface area contributed by atoms with E-state index in [1.165, 1.54) is 5.56 Å². The van der Waals surface area contributed by atoms with Gasteiger partial charge in [-0.15, -0.1) is 0 Å². The number of para-hydroxylation sites is 2. The molecule has 1 atom stereocenters. The van der Waals surface area contributed by atoms with E-state index in [-0.39, 0.29) is 6.04 Å². The number of hydrogen-bond donors (Lipinski definition) is 1. The number of furan rings is 2. The molecule has 0 aliphatic carbocycles. The molecule has 2 aromatic heterocycles. The second-order valence-electron chi connectivity index (χ2n) is 7.92. The molecule has 2 heterocycles. The average Bonchev–Trinajstić information content (AvgIpc) is 3.41. The van der Waals surface area contributed by atoms with E-state index in [9.17, 15) is 0 Å². The Bertz CT molecular complexity index is 1520. The van der Waals surface area contributed by atoms with Crippen molar-refractivity contribution in [3.05, 3.63) is 103 Å². The Morgan fingerprint density at radius 3 is 2.42 bits per heavy atom. The summed E-state index contributed by atoms with van der Waals surface area (Å²) in [5, 5.41) is 6.95. The third-order valence-corrected chi connectivity index (χ3v) is 5.96. The van der Waals surface area contributed by atoms with Crippen LogP contribution in [-0.4, -0.2) is 0 Å². The zero-order chi connectivity index (χ0) is 20.8. The van der Waals surface area contributed by atoms with Gasteiger partial charge in [-0.25, -0.2) is 0 Å². The minimum Gasteiger partial charge on any atom is -0.464 e. The van der Waals surface area contributed by atoms with Crippen LogP contribution in [0, 0.1) is 0 Å². The van der Waals surface area contributed by atoms with Crippen molar-refractivity contribution < 1.29 is 8.83 Å². The van der Waals surface area contributed by atoms with E-state index in [0.717, 1.165) is 49.7 Å². The Balaban J connectivity index is 1.45. The van der Waals surface area contributed by atoms with Crippen molar-refractivity contribution in [3.8, 4) is 11.1 Å². The molecule has 31 heavy (non-hydrogen) atoms. The Labute approximate surface area is 179 Å². The molecule has 6 aromatic rings. The first kappa shape index (κ1) is 17.8. The molecule has 0 spiro atoms. The smallest absolute Gasteiger partial charge is 0.158 e. The molecule has 3 heteroatoms. The number of hydrogen-bond acceptors (Lipinski definition) is 3. The highest BCUT2D eigenvalue weighted by Gasteiger charge is 2.15. The lowest BCUT2D eigenvalue weighted by atomic mass is 10.0. The van der Waals surface area contributed by atoms with Crippen LogP contribution in [-0.2, 0) is 0 Å². The average molecular weight is 403 g/mol. The van der Waals surface area contributed by atoms with Crippen molar-refractivity contribution in [2.75, 3.05) is 5.32 Å². The van der Waals surface area contributed by atoms with Crippen molar-refractivity contribution in [3.63, 3.8) is 0 Å². The second-order valence-corrected chi connectivity index (χ2v) is 7.92. The number of rotatable bonds is 4. The Morgan fingerprint density at radius 1 is 0.710 bits per heavy atom. The topological polar surface area (TPSA) is 38.3 Å². The Hall–Kier alpha value is -3.98. The zero-order valence-corrected chi connectivity index (χ0v) is 17.1. The molecule has 0 amide bonds. The number of benzene rings is 4. The molecule has 0 aliphatic heterocycles. The zero-order valence-electron chi connectivity index (χ0n) is 17.1. The van der Waals surface area contributed by atoms with Gasteiger partial charge < -0.3 is 14.2 Å². The third kappa shape index (κ3) is 2.98. The largest absolute Gasteiger partial charge is 0.464 e. The van der Waals surface area contributed by atoms with Crippen molar-refractivity contribution >= 4 is 38.6 Å². The maximum Gasteiger partial charge on any atom is 0.158 e. The van der Waals surface area contributed by atoms with Gasteiger partial charge in [0.2, 0.25) is 0 Å². The van der Waals surface area contributed by atoms with Crippen LogP contribution in [0.2, 0.25) is 0 Å². The van der Waals surface area contributed by atoms with Gasteiger partial charge in [0.15, 0.2) is 5.58 Å². The standard InChI is InChI=1S/C28H21NO2/c1-18(19-8-3-2-4-9-19)29-25-12-7-11-22-23-16-20(14-15-27(23)31-28(22)25)24-17-30-26-13-6-5-10-21(24)26/h2-18,29H,1H3. The molecule has 6 rings (SSSR count). The van der Waals surface area contributed by atoms with Crippen LogP contribution in [0.25, 0.3) is 44.0 Å². The van der Waals surface area contributed by atoms with Crippen molar-refractivity contribution in [1.29, 1.82) is 0 Å². The molecule has 0 saturated heterocycles. The van der Waals surface area contributed by atoms with Gasteiger partial charge in [-0.1, -0.05) is 66.7 Å². The van der Waals surface area contributed by atoms with E-state index in [0.29, 0.717) is 0 Å². The molecule has 1 unspecified atom stereocenters. The SMILES string of the molecule is CC(Nc1cccc2c1oc1ccc(-c3coc4ccccc34)cc12)c1ccccc1. The lowest BCUT2D eigenvalue weighted by Crippen LogP contribution is -2.06. The number of anilines is 1. The van der Waals surface area contributed by atoms with Gasteiger partial charge in [0.1, 0.15) is 11.2 Å². The highest BCUT2D eigenvalue weighted by Crippen LogP contribution is 2.38. The Kier molecular flexibility index (Phi) is 4.07. The van der Waals surface area contributed by atoms with Crippen molar-refractivity contribution in [1.82, 2.24) is 0 Å². The van der Waals surface area contributed by atoms with Gasteiger partial charge in [-0.05, 0) is 42.3 Å². The first-order chi connectivity index (χ1) is 15.3. The van der Waals surface area contributed by atoms with E-state index < -0.39 is 0 Å². The van der Waals surface area contributed by atoms with Gasteiger partial charge in [0, 0.05) is 27.8 Å². The first-order valence-corrected chi connectivity index (χ1v) is 10.5. The molecule has 0 radical (unpaired) electrons. The van der Waals surface area contributed by atoms with Crippen LogP contribution >= 0.6 is 0 Å². The predicted octanol–water partition coefficient (Wildman–Crippen LogP) is 8.17. The van der Waals surface area contributed by atoms with Gasteiger partial charge in [-0.2, -0.15) is 0 Å². The monoisotopic (exact) mass is 403 g/mol. The minimum atomic E-state index is 0.174. The number of nitrogens with one attached hydrogen (secondary N) is 1. The molecule has 0 aliphatic rings. The quantitative estimate of drug-likeness (QED) is 0.322. The van der Waals surface area contributed by atoms with Crippen molar-refractivity contribution in [2.45, 2.75) is 13.0 Å². The second kappa shape index (κ2) is 7.06. The summed E-state index contributed by atoms with van der Waals surface area (Å²) in [5.74, 6) is 0. The summed E-state index contributed by atoms with van der Waals surface area (Å²) in [5.41, 5.74) is 7.12. The van der Waals surface area contributed by atoms with Crippen molar-refractivity contribution in [2.24, 2.45) is 0 Å². The highest BCUT2D eigenvalue weighted by molar-refractivity contribution is 6.10. The maximum atomic E-state index is 6.29. The van der Waals surface area contributed by atoms with Crippen LogP contribution < -0.4 is 5.32 Å². The molecule has 1 N–H and O–H groups in total. The summed E-state index contributed by atoms with van der Waals surface area (Å²) in [6.45, 7) is 2.17. The maximum absolute atomic E-state index is 6.29. The predicted molar refractivity (Wildman–Crippen MR) is 127 cm³/mol. The minimum absolute atomic E-state index is 0.174. The van der Waals surface area contributed by atoms with Crippen LogP contribution in [0.5, 0.6) is 0 Å². The third-order valence-electron chi connectivity index (χ3n) is 5.96. The van der Waals surface area contributed by atoms with Crippen LogP contribution in [0.15, 0.2) is 106 Å². The van der Waals surface area contributed by atoms with E-state index in [1.807, 2.05) is 30.5 Å². The summed E-state index contributed by atoms with van der Waals surface area (Å²) in [6, 6.07) is 31.4. The molecule has 3 nitrogen and oxygen atoms in total. The summed E-state index contributed by atoms with van der Waals surface area (Å²) < 4.78 is 12.1. The van der Waals surface area contributed by atoms with E-state index in [2.05, 4.69) is 79.0 Å². The van der Waals surface area contributed by atoms with Crippen LogP contribution in [0.1, 0.15) is 18.5 Å².